The van der Waals surface area contributed by atoms with E-state index in [9.17, 15) is 18.0 Å². The second kappa shape index (κ2) is 11.9. The number of benzene rings is 3. The van der Waals surface area contributed by atoms with Gasteiger partial charge in [-0.25, -0.2) is 8.42 Å². The second-order valence-electron chi connectivity index (χ2n) is 9.70. The molecule has 7 nitrogen and oxygen atoms in total. The zero-order valence-electron chi connectivity index (χ0n) is 21.4. The lowest BCUT2D eigenvalue weighted by Crippen LogP contribution is -2.52. The summed E-state index contributed by atoms with van der Waals surface area (Å²) in [6, 6.07) is 16.9. The molecule has 1 N–H and O–H groups in total. The van der Waals surface area contributed by atoms with Crippen molar-refractivity contribution in [3.8, 4) is 0 Å². The van der Waals surface area contributed by atoms with E-state index in [1.54, 1.807) is 37.3 Å². The summed E-state index contributed by atoms with van der Waals surface area (Å²) in [7, 11) is -3.84. The molecule has 1 saturated carbocycles. The first-order chi connectivity index (χ1) is 18.0. The van der Waals surface area contributed by atoms with Crippen molar-refractivity contribution < 1.29 is 18.0 Å². The SMILES string of the molecule is CC(C(=O)NC1CCCC1)N(Cc1ccc(Cl)c(Cl)c1)C(=O)CN(c1cccc2ccccc12)S(C)(=O)=O. The Morgan fingerprint density at radius 3 is 2.37 bits per heavy atom. The van der Waals surface area contributed by atoms with E-state index in [1.165, 1.54) is 4.90 Å². The highest BCUT2D eigenvalue weighted by molar-refractivity contribution is 7.92. The molecule has 3 aromatic carbocycles. The Hall–Kier alpha value is -2.81. The van der Waals surface area contributed by atoms with E-state index in [-0.39, 0.29) is 18.5 Å². The highest BCUT2D eigenvalue weighted by atomic mass is 35.5. The highest BCUT2D eigenvalue weighted by Gasteiger charge is 2.32. The number of amides is 2. The number of nitrogens with zero attached hydrogens (tertiary/aromatic N) is 2. The molecule has 1 atom stereocenters. The van der Waals surface area contributed by atoms with Crippen LogP contribution in [-0.2, 0) is 26.2 Å². The summed E-state index contributed by atoms with van der Waals surface area (Å²) in [5.41, 5.74) is 1.07. The summed E-state index contributed by atoms with van der Waals surface area (Å²) in [5, 5.41) is 5.30. The smallest absolute Gasteiger partial charge is 0.244 e. The minimum absolute atomic E-state index is 0.0577. The zero-order valence-corrected chi connectivity index (χ0v) is 23.7. The lowest BCUT2D eigenvalue weighted by molar-refractivity contribution is -0.139. The first-order valence-corrected chi connectivity index (χ1v) is 15.1. The second-order valence-corrected chi connectivity index (χ2v) is 12.4. The largest absolute Gasteiger partial charge is 0.352 e. The van der Waals surface area contributed by atoms with Gasteiger partial charge in [0.25, 0.3) is 0 Å². The fourth-order valence-electron chi connectivity index (χ4n) is 4.83. The van der Waals surface area contributed by atoms with Crippen molar-refractivity contribution in [2.45, 2.75) is 51.2 Å². The molecule has 1 aliphatic carbocycles. The van der Waals surface area contributed by atoms with E-state index >= 15 is 0 Å². The van der Waals surface area contributed by atoms with Gasteiger partial charge >= 0.3 is 0 Å². The number of anilines is 1. The maximum absolute atomic E-state index is 13.8. The minimum Gasteiger partial charge on any atom is -0.352 e. The van der Waals surface area contributed by atoms with Gasteiger partial charge in [-0.05, 0) is 48.9 Å². The molecule has 3 aromatic rings. The third kappa shape index (κ3) is 6.60. The summed E-state index contributed by atoms with van der Waals surface area (Å²) < 4.78 is 27.0. The zero-order chi connectivity index (χ0) is 27.4. The number of halogens is 2. The van der Waals surface area contributed by atoms with E-state index < -0.39 is 28.5 Å². The number of rotatable bonds is 9. The van der Waals surface area contributed by atoms with Crippen LogP contribution < -0.4 is 9.62 Å². The molecule has 1 unspecified atom stereocenters. The fraction of sp³-hybridized carbons (Fsp3) is 0.357. The van der Waals surface area contributed by atoms with Crippen molar-refractivity contribution in [2.75, 3.05) is 17.1 Å². The number of carbonyl (C=O) groups excluding carboxylic acids is 2. The number of hydrogen-bond acceptors (Lipinski definition) is 4. The van der Waals surface area contributed by atoms with Crippen molar-refractivity contribution >= 4 is 61.5 Å². The summed E-state index contributed by atoms with van der Waals surface area (Å²) in [6.45, 7) is 1.25. The first kappa shape index (κ1) is 28.2. The third-order valence-corrected chi connectivity index (χ3v) is 8.79. The predicted octanol–water partition coefficient (Wildman–Crippen LogP) is 5.39. The quantitative estimate of drug-likeness (QED) is 0.370. The topological polar surface area (TPSA) is 86.8 Å². The van der Waals surface area contributed by atoms with Gasteiger partial charge in [-0.2, -0.15) is 0 Å². The van der Waals surface area contributed by atoms with E-state index in [1.807, 2.05) is 30.3 Å². The molecule has 0 aliphatic heterocycles. The van der Waals surface area contributed by atoms with Crippen molar-refractivity contribution in [1.29, 1.82) is 0 Å². The lowest BCUT2D eigenvalue weighted by atomic mass is 10.1. The Labute approximate surface area is 233 Å². The van der Waals surface area contributed by atoms with Crippen LogP contribution in [0.2, 0.25) is 10.0 Å². The van der Waals surface area contributed by atoms with Gasteiger partial charge < -0.3 is 10.2 Å². The standard InChI is InChI=1S/C28H31Cl2N3O4S/c1-19(28(35)31-22-10-4-5-11-22)32(17-20-14-15-24(29)25(30)16-20)27(34)18-33(38(2,36)37)26-13-7-9-21-8-3-6-12-23(21)26/h3,6-9,12-16,19,22H,4-5,10-11,17-18H2,1-2H3,(H,31,35). The lowest BCUT2D eigenvalue weighted by Gasteiger charge is -2.32. The Morgan fingerprint density at radius 2 is 1.68 bits per heavy atom. The summed E-state index contributed by atoms with van der Waals surface area (Å²) in [4.78, 5) is 28.4. The van der Waals surface area contributed by atoms with Crippen molar-refractivity contribution in [2.24, 2.45) is 0 Å². The summed E-state index contributed by atoms with van der Waals surface area (Å²) in [5.74, 6) is -0.787. The third-order valence-electron chi connectivity index (χ3n) is 6.92. The number of sulfonamides is 1. The van der Waals surface area contributed by atoms with Crippen LogP contribution in [0.4, 0.5) is 5.69 Å². The van der Waals surface area contributed by atoms with Crippen molar-refractivity contribution in [1.82, 2.24) is 10.2 Å². The number of fused-ring (bicyclic) bond motifs is 1. The van der Waals surface area contributed by atoms with E-state index in [0.717, 1.165) is 41.6 Å². The molecular formula is C28H31Cl2N3O4S. The van der Waals surface area contributed by atoms with Gasteiger partial charge in [0.15, 0.2) is 0 Å². The molecule has 202 valence electrons. The van der Waals surface area contributed by atoms with Gasteiger partial charge in [0.1, 0.15) is 12.6 Å². The summed E-state index contributed by atoms with van der Waals surface area (Å²) in [6.07, 6.45) is 4.99. The van der Waals surface area contributed by atoms with Gasteiger partial charge in [0, 0.05) is 18.0 Å². The van der Waals surface area contributed by atoms with Crippen LogP contribution in [0.25, 0.3) is 10.8 Å². The van der Waals surface area contributed by atoms with Crippen LogP contribution in [0.5, 0.6) is 0 Å². The number of hydrogen-bond donors (Lipinski definition) is 1. The average molecular weight is 577 g/mol. The molecular weight excluding hydrogens is 545 g/mol. The molecule has 0 bridgehead atoms. The van der Waals surface area contributed by atoms with Crippen LogP contribution in [0, 0.1) is 0 Å². The van der Waals surface area contributed by atoms with Crippen LogP contribution in [0.15, 0.2) is 60.7 Å². The molecule has 10 heteroatoms. The number of carbonyl (C=O) groups is 2. The Balaban J connectivity index is 1.67. The minimum atomic E-state index is -3.84. The molecule has 1 aliphatic rings. The van der Waals surface area contributed by atoms with Gasteiger partial charge in [0.05, 0.1) is 22.0 Å². The molecule has 4 rings (SSSR count). The van der Waals surface area contributed by atoms with Crippen molar-refractivity contribution in [3.05, 3.63) is 76.3 Å². The monoisotopic (exact) mass is 575 g/mol. The van der Waals surface area contributed by atoms with Gasteiger partial charge in [-0.15, -0.1) is 0 Å². The van der Waals surface area contributed by atoms with Gasteiger partial charge in [-0.1, -0.05) is 78.5 Å². The van der Waals surface area contributed by atoms with Crippen molar-refractivity contribution in [3.63, 3.8) is 0 Å². The molecule has 0 saturated heterocycles. The highest BCUT2D eigenvalue weighted by Crippen LogP contribution is 2.29. The first-order valence-electron chi connectivity index (χ1n) is 12.5. The Bertz CT molecular complexity index is 1440. The van der Waals surface area contributed by atoms with Crippen LogP contribution >= 0.6 is 23.2 Å². The average Bonchev–Trinajstić information content (AvgIpc) is 3.39. The van der Waals surface area contributed by atoms with Crippen LogP contribution in [-0.4, -0.2) is 50.0 Å². The number of nitrogens with one attached hydrogen (secondary N) is 1. The summed E-state index contributed by atoms with van der Waals surface area (Å²) >= 11 is 12.3. The maximum Gasteiger partial charge on any atom is 0.244 e. The molecule has 0 heterocycles. The molecule has 2 amide bonds. The van der Waals surface area contributed by atoms with E-state index in [0.29, 0.717) is 26.7 Å². The maximum atomic E-state index is 13.8. The normalized spacial score (nSPS) is 14.8. The molecule has 0 aromatic heterocycles. The molecule has 0 spiro atoms. The van der Waals surface area contributed by atoms with E-state index in [2.05, 4.69) is 5.32 Å². The molecule has 0 radical (unpaired) electrons. The van der Waals surface area contributed by atoms with Crippen LogP contribution in [0.1, 0.15) is 38.2 Å². The molecule has 1 fully saturated rings. The Kier molecular flexibility index (Phi) is 8.85. The van der Waals surface area contributed by atoms with Gasteiger partial charge in [-0.3, -0.25) is 13.9 Å². The predicted molar refractivity (Wildman–Crippen MR) is 153 cm³/mol. The fourth-order valence-corrected chi connectivity index (χ4v) is 6.01. The van der Waals surface area contributed by atoms with Crippen LogP contribution in [0.3, 0.4) is 0 Å². The Morgan fingerprint density at radius 1 is 1.00 bits per heavy atom. The molecule has 38 heavy (non-hydrogen) atoms. The van der Waals surface area contributed by atoms with Gasteiger partial charge in [0.2, 0.25) is 21.8 Å². The van der Waals surface area contributed by atoms with E-state index in [4.69, 9.17) is 23.2 Å².